The molecular weight excluding hydrogens is 507 g/mol. The number of piperidine rings is 1. The monoisotopic (exact) mass is 540 g/mol. The molecule has 0 bridgehead atoms. The van der Waals surface area contributed by atoms with Crippen molar-refractivity contribution in [2.45, 2.75) is 46.2 Å². The molecule has 0 saturated carbocycles. The number of nitrogens with one attached hydrogen (secondary N) is 2. The number of aromatic nitrogens is 2. The van der Waals surface area contributed by atoms with Gasteiger partial charge in [-0.3, -0.25) is 4.99 Å². The number of aryl methyl sites for hydroxylation is 2. The molecule has 0 unspecified atom stereocenters. The summed E-state index contributed by atoms with van der Waals surface area (Å²) in [6.45, 7) is 8.32. The zero-order valence-electron chi connectivity index (χ0n) is 18.7. The summed E-state index contributed by atoms with van der Waals surface area (Å²) in [5, 5.41) is 11.5. The van der Waals surface area contributed by atoms with Gasteiger partial charge in [0.25, 0.3) is 0 Å². The first-order valence-electron chi connectivity index (χ1n) is 10.5. The fraction of sp³-hybridized carbons (Fsp3) is 0.500. The van der Waals surface area contributed by atoms with Crippen molar-refractivity contribution in [1.29, 1.82) is 0 Å². The van der Waals surface area contributed by atoms with Crippen molar-refractivity contribution < 1.29 is 9.53 Å². The van der Waals surface area contributed by atoms with E-state index >= 15 is 0 Å². The van der Waals surface area contributed by atoms with Gasteiger partial charge in [-0.25, -0.2) is 9.48 Å². The molecule has 170 valence electrons. The normalized spacial score (nSPS) is 14.7. The van der Waals surface area contributed by atoms with Crippen molar-refractivity contribution >= 4 is 36.0 Å². The maximum absolute atomic E-state index is 11.9. The Morgan fingerprint density at radius 2 is 1.97 bits per heavy atom. The lowest BCUT2D eigenvalue weighted by Gasteiger charge is -2.32. The third-order valence-corrected chi connectivity index (χ3v) is 5.26. The van der Waals surface area contributed by atoms with Gasteiger partial charge >= 0.3 is 6.09 Å². The van der Waals surface area contributed by atoms with Crippen LogP contribution in [-0.4, -0.2) is 59.5 Å². The molecule has 1 fully saturated rings. The molecule has 1 aliphatic heterocycles. The van der Waals surface area contributed by atoms with Crippen LogP contribution in [0.4, 0.5) is 4.79 Å². The average molecular weight is 540 g/mol. The molecule has 1 amide bonds. The molecule has 2 aromatic rings. The largest absolute Gasteiger partial charge is 0.450 e. The van der Waals surface area contributed by atoms with Crippen LogP contribution in [-0.2, 0) is 11.3 Å². The SMILES string of the molecule is CCOC(=O)N1CCC(NC(=NC)NCc2ccccc2-n2nc(C)cc2C)CC1.I. The quantitative estimate of drug-likeness (QED) is 0.345. The van der Waals surface area contributed by atoms with Crippen LogP contribution in [0.5, 0.6) is 0 Å². The summed E-state index contributed by atoms with van der Waals surface area (Å²) in [4.78, 5) is 18.0. The fourth-order valence-electron chi connectivity index (χ4n) is 3.73. The van der Waals surface area contributed by atoms with Crippen LogP contribution in [0.25, 0.3) is 5.69 Å². The number of hydrogen-bond donors (Lipinski definition) is 2. The summed E-state index contributed by atoms with van der Waals surface area (Å²) in [6.07, 6.45) is 1.50. The number of guanidine groups is 1. The number of hydrogen-bond acceptors (Lipinski definition) is 4. The standard InChI is InChI=1S/C22H32N6O2.HI/c1-5-30-22(29)27-12-10-19(11-13-27)25-21(23-4)24-15-18-8-6-7-9-20(18)28-17(3)14-16(2)26-28;/h6-9,14,19H,5,10-13,15H2,1-4H3,(H2,23,24,25);1H. The zero-order chi connectivity index (χ0) is 21.5. The lowest BCUT2D eigenvalue weighted by molar-refractivity contribution is 0.0963. The molecule has 0 aliphatic carbocycles. The second-order valence-electron chi connectivity index (χ2n) is 7.50. The van der Waals surface area contributed by atoms with E-state index in [-0.39, 0.29) is 36.1 Å². The van der Waals surface area contributed by atoms with Gasteiger partial charge in [0.05, 0.1) is 18.0 Å². The Kier molecular flexibility index (Phi) is 9.60. The number of ether oxygens (including phenoxy) is 1. The van der Waals surface area contributed by atoms with Gasteiger partial charge in [0.1, 0.15) is 0 Å². The lowest BCUT2D eigenvalue weighted by Crippen LogP contribution is -2.49. The molecule has 8 nitrogen and oxygen atoms in total. The minimum atomic E-state index is -0.223. The molecule has 3 rings (SSSR count). The molecule has 0 spiro atoms. The number of amides is 1. The Labute approximate surface area is 201 Å². The van der Waals surface area contributed by atoms with Crippen molar-refractivity contribution in [3.63, 3.8) is 0 Å². The predicted molar refractivity (Wildman–Crippen MR) is 133 cm³/mol. The van der Waals surface area contributed by atoms with Crippen LogP contribution < -0.4 is 10.6 Å². The van der Waals surface area contributed by atoms with Crippen LogP contribution in [0.3, 0.4) is 0 Å². The van der Waals surface area contributed by atoms with Gasteiger partial charge in [-0.2, -0.15) is 5.10 Å². The maximum atomic E-state index is 11.9. The van der Waals surface area contributed by atoms with Crippen molar-refractivity contribution in [3.8, 4) is 5.69 Å². The molecule has 31 heavy (non-hydrogen) atoms. The third-order valence-electron chi connectivity index (χ3n) is 5.26. The molecule has 0 radical (unpaired) electrons. The highest BCUT2D eigenvalue weighted by Gasteiger charge is 2.24. The summed E-state index contributed by atoms with van der Waals surface area (Å²) < 4.78 is 7.07. The maximum Gasteiger partial charge on any atom is 0.409 e. The topological polar surface area (TPSA) is 83.8 Å². The smallest absolute Gasteiger partial charge is 0.409 e. The van der Waals surface area contributed by atoms with Gasteiger partial charge in [0, 0.05) is 38.4 Å². The molecule has 1 saturated heterocycles. The number of rotatable bonds is 5. The van der Waals surface area contributed by atoms with E-state index in [0.717, 1.165) is 41.4 Å². The highest BCUT2D eigenvalue weighted by atomic mass is 127. The van der Waals surface area contributed by atoms with Crippen LogP contribution in [0, 0.1) is 13.8 Å². The van der Waals surface area contributed by atoms with Crippen LogP contribution in [0.15, 0.2) is 35.3 Å². The van der Waals surface area contributed by atoms with Crippen molar-refractivity contribution in [2.75, 3.05) is 26.7 Å². The number of benzene rings is 1. The first-order valence-corrected chi connectivity index (χ1v) is 10.5. The van der Waals surface area contributed by atoms with E-state index in [9.17, 15) is 4.79 Å². The van der Waals surface area contributed by atoms with E-state index in [0.29, 0.717) is 26.2 Å². The zero-order valence-corrected chi connectivity index (χ0v) is 21.1. The van der Waals surface area contributed by atoms with Gasteiger partial charge in [-0.15, -0.1) is 24.0 Å². The number of para-hydroxylation sites is 1. The van der Waals surface area contributed by atoms with E-state index in [1.807, 2.05) is 30.7 Å². The molecule has 1 aromatic carbocycles. The second-order valence-corrected chi connectivity index (χ2v) is 7.50. The molecule has 9 heteroatoms. The molecule has 1 aromatic heterocycles. The van der Waals surface area contributed by atoms with Gasteiger partial charge in [-0.05, 0) is 51.3 Å². The fourth-order valence-corrected chi connectivity index (χ4v) is 3.73. The Morgan fingerprint density at radius 1 is 1.26 bits per heavy atom. The first-order chi connectivity index (χ1) is 14.5. The van der Waals surface area contributed by atoms with Gasteiger partial charge in [0.15, 0.2) is 5.96 Å². The molecule has 2 heterocycles. The number of halogens is 1. The Hall–Kier alpha value is -2.30. The highest BCUT2D eigenvalue weighted by molar-refractivity contribution is 14.0. The second kappa shape index (κ2) is 11.9. The average Bonchev–Trinajstić information content (AvgIpc) is 3.09. The van der Waals surface area contributed by atoms with Gasteiger partial charge in [0.2, 0.25) is 0 Å². The number of carbonyl (C=O) groups excluding carboxylic acids is 1. The lowest BCUT2D eigenvalue weighted by atomic mass is 10.1. The van der Waals surface area contributed by atoms with Crippen LogP contribution in [0.2, 0.25) is 0 Å². The molecule has 2 N–H and O–H groups in total. The summed E-state index contributed by atoms with van der Waals surface area (Å²) in [7, 11) is 1.77. The van der Waals surface area contributed by atoms with E-state index in [2.05, 4.69) is 45.8 Å². The van der Waals surface area contributed by atoms with Crippen LogP contribution in [0.1, 0.15) is 36.7 Å². The number of aliphatic imine (C=N–C) groups is 1. The van der Waals surface area contributed by atoms with Gasteiger partial charge < -0.3 is 20.3 Å². The first kappa shape index (κ1) is 25.0. The summed E-state index contributed by atoms with van der Waals surface area (Å²) in [5.41, 5.74) is 4.32. The molecule has 0 atom stereocenters. The molecular formula is C22H33IN6O2. The Balaban J connectivity index is 0.00000341. The van der Waals surface area contributed by atoms with E-state index < -0.39 is 0 Å². The minimum absolute atomic E-state index is 0. The summed E-state index contributed by atoms with van der Waals surface area (Å²) in [6, 6.07) is 10.6. The Morgan fingerprint density at radius 3 is 2.58 bits per heavy atom. The van der Waals surface area contributed by atoms with Crippen molar-refractivity contribution in [2.24, 2.45) is 4.99 Å². The van der Waals surface area contributed by atoms with Crippen molar-refractivity contribution in [1.82, 2.24) is 25.3 Å². The van der Waals surface area contributed by atoms with E-state index in [4.69, 9.17) is 4.74 Å². The highest BCUT2D eigenvalue weighted by Crippen LogP contribution is 2.17. The Bertz CT molecular complexity index is 890. The predicted octanol–water partition coefficient (Wildman–Crippen LogP) is 3.39. The number of likely N-dealkylation sites (tertiary alicyclic amines) is 1. The summed E-state index contributed by atoms with van der Waals surface area (Å²) in [5.74, 6) is 0.757. The van der Waals surface area contributed by atoms with E-state index in [1.54, 1.807) is 11.9 Å². The van der Waals surface area contributed by atoms with E-state index in [1.165, 1.54) is 0 Å². The van der Waals surface area contributed by atoms with Crippen molar-refractivity contribution in [3.05, 3.63) is 47.3 Å². The minimum Gasteiger partial charge on any atom is -0.450 e. The number of carbonyl (C=O) groups is 1. The van der Waals surface area contributed by atoms with Gasteiger partial charge in [-0.1, -0.05) is 18.2 Å². The number of nitrogens with zero attached hydrogens (tertiary/aromatic N) is 4. The third kappa shape index (κ3) is 6.59. The summed E-state index contributed by atoms with van der Waals surface area (Å²) >= 11 is 0. The van der Waals surface area contributed by atoms with Crippen LogP contribution >= 0.6 is 24.0 Å². The molecule has 1 aliphatic rings.